The lowest BCUT2D eigenvalue weighted by molar-refractivity contribution is -0.138. The van der Waals surface area contributed by atoms with E-state index in [1.165, 1.54) is 11.1 Å². The number of β-amino-alcohol motifs (C(OH)–C–C–N with tert-alkyl or cyclic N) is 1. The lowest BCUT2D eigenvalue weighted by atomic mass is 9.95. The van der Waals surface area contributed by atoms with Crippen molar-refractivity contribution in [3.63, 3.8) is 0 Å². The Morgan fingerprint density at radius 2 is 1.55 bits per heavy atom. The van der Waals surface area contributed by atoms with E-state index in [-0.39, 0.29) is 11.8 Å². The number of hydrogen-bond donors (Lipinski definition) is 1. The molecule has 0 saturated heterocycles. The van der Waals surface area contributed by atoms with E-state index in [1.807, 2.05) is 41.3 Å². The summed E-state index contributed by atoms with van der Waals surface area (Å²) in [6.07, 6.45) is 1.07. The van der Waals surface area contributed by atoms with Gasteiger partial charge in [0.1, 0.15) is 0 Å². The third kappa shape index (κ3) is 2.22. The molecule has 1 unspecified atom stereocenters. The summed E-state index contributed by atoms with van der Waals surface area (Å²) in [6.45, 7) is 1.02. The molecular weight excluding hydrogens is 274 g/mol. The van der Waals surface area contributed by atoms with Crippen molar-refractivity contribution in [2.24, 2.45) is 5.92 Å². The van der Waals surface area contributed by atoms with Crippen LogP contribution in [0.5, 0.6) is 0 Å². The number of hydrogen-bond acceptors (Lipinski definition) is 2. The van der Waals surface area contributed by atoms with E-state index in [0.717, 1.165) is 24.0 Å². The maximum absolute atomic E-state index is 12.8. The van der Waals surface area contributed by atoms with Gasteiger partial charge in [-0.1, -0.05) is 48.5 Å². The van der Waals surface area contributed by atoms with Gasteiger partial charge >= 0.3 is 0 Å². The first kappa shape index (κ1) is 13.5. The largest absolute Gasteiger partial charge is 0.387 e. The molecule has 2 aromatic carbocycles. The Morgan fingerprint density at radius 1 is 0.955 bits per heavy atom. The number of aliphatic hydroxyl groups excluding tert-OH is 1. The number of carbonyl (C=O) groups is 1. The van der Waals surface area contributed by atoms with Crippen LogP contribution in [0.25, 0.3) is 0 Å². The fourth-order valence-electron chi connectivity index (χ4n) is 3.74. The van der Waals surface area contributed by atoms with E-state index in [0.29, 0.717) is 13.1 Å². The highest BCUT2D eigenvalue weighted by Gasteiger charge is 2.33. The second-order valence-corrected chi connectivity index (χ2v) is 6.31. The molecule has 0 bridgehead atoms. The Kier molecular flexibility index (Phi) is 3.23. The van der Waals surface area contributed by atoms with Crippen LogP contribution in [-0.2, 0) is 24.2 Å². The van der Waals surface area contributed by atoms with Gasteiger partial charge in [0.25, 0.3) is 0 Å². The Labute approximate surface area is 130 Å². The number of carbonyl (C=O) groups excluding carboxylic acids is 1. The van der Waals surface area contributed by atoms with Crippen LogP contribution in [0.15, 0.2) is 48.5 Å². The summed E-state index contributed by atoms with van der Waals surface area (Å²) in [6, 6.07) is 16.2. The highest BCUT2D eigenvalue weighted by molar-refractivity contribution is 5.81. The number of rotatable bonds is 1. The van der Waals surface area contributed by atoms with Gasteiger partial charge in [-0.3, -0.25) is 4.79 Å². The molecule has 1 aliphatic heterocycles. The lowest BCUT2D eigenvalue weighted by Gasteiger charge is -2.33. The standard InChI is InChI=1S/C19H19NO2/c21-18-12-20(11-15-7-3-4-8-17(15)18)19(22)16-9-13-5-1-2-6-14(13)10-16/h1-8,16,18,21H,9-12H2. The van der Waals surface area contributed by atoms with Gasteiger partial charge in [-0.25, -0.2) is 0 Å². The lowest BCUT2D eigenvalue weighted by Crippen LogP contribution is -2.41. The zero-order chi connectivity index (χ0) is 15.1. The average molecular weight is 293 g/mol. The third-order valence-electron chi connectivity index (χ3n) is 4.88. The number of fused-ring (bicyclic) bond motifs is 2. The monoisotopic (exact) mass is 293 g/mol. The highest BCUT2D eigenvalue weighted by Crippen LogP contribution is 2.31. The molecule has 0 aromatic heterocycles. The van der Waals surface area contributed by atoms with Gasteiger partial charge < -0.3 is 10.0 Å². The Bertz CT molecular complexity index is 700. The summed E-state index contributed by atoms with van der Waals surface area (Å²) in [4.78, 5) is 14.7. The predicted molar refractivity (Wildman–Crippen MR) is 84.2 cm³/mol. The molecule has 0 spiro atoms. The molecule has 2 aliphatic rings. The summed E-state index contributed by atoms with van der Waals surface area (Å²) in [5.74, 6) is 0.194. The fourth-order valence-corrected chi connectivity index (χ4v) is 3.74. The van der Waals surface area contributed by atoms with E-state index in [1.54, 1.807) is 0 Å². The van der Waals surface area contributed by atoms with Crippen LogP contribution in [0.3, 0.4) is 0 Å². The summed E-state index contributed by atoms with van der Waals surface area (Å²) in [5.41, 5.74) is 4.60. The van der Waals surface area contributed by atoms with Crippen LogP contribution < -0.4 is 0 Å². The van der Waals surface area contributed by atoms with Crippen molar-refractivity contribution in [1.82, 2.24) is 4.90 Å². The Morgan fingerprint density at radius 3 is 2.23 bits per heavy atom. The molecule has 1 atom stereocenters. The van der Waals surface area contributed by atoms with Crippen molar-refractivity contribution in [2.75, 3.05) is 6.54 Å². The van der Waals surface area contributed by atoms with E-state index in [2.05, 4.69) is 12.1 Å². The molecule has 3 heteroatoms. The Hall–Kier alpha value is -2.13. The number of benzene rings is 2. The van der Waals surface area contributed by atoms with Gasteiger partial charge in [0.05, 0.1) is 12.6 Å². The molecule has 22 heavy (non-hydrogen) atoms. The summed E-state index contributed by atoms with van der Waals surface area (Å²) < 4.78 is 0. The zero-order valence-corrected chi connectivity index (χ0v) is 12.4. The van der Waals surface area contributed by atoms with Crippen molar-refractivity contribution < 1.29 is 9.90 Å². The van der Waals surface area contributed by atoms with Crippen LogP contribution in [0.1, 0.15) is 28.4 Å². The topological polar surface area (TPSA) is 40.5 Å². The highest BCUT2D eigenvalue weighted by atomic mass is 16.3. The molecule has 1 amide bonds. The first-order valence-electron chi connectivity index (χ1n) is 7.84. The zero-order valence-electron chi connectivity index (χ0n) is 12.4. The van der Waals surface area contributed by atoms with Crippen molar-refractivity contribution in [1.29, 1.82) is 0 Å². The van der Waals surface area contributed by atoms with Crippen molar-refractivity contribution in [3.05, 3.63) is 70.8 Å². The first-order valence-corrected chi connectivity index (χ1v) is 7.84. The SMILES string of the molecule is O=C(C1Cc2ccccc2C1)N1Cc2ccccc2C(O)C1. The van der Waals surface area contributed by atoms with E-state index < -0.39 is 6.10 Å². The number of nitrogens with zero attached hydrogens (tertiary/aromatic N) is 1. The van der Waals surface area contributed by atoms with Crippen LogP contribution in [0, 0.1) is 5.92 Å². The van der Waals surface area contributed by atoms with Crippen molar-refractivity contribution in [2.45, 2.75) is 25.5 Å². The van der Waals surface area contributed by atoms with E-state index in [9.17, 15) is 9.90 Å². The molecule has 0 radical (unpaired) electrons. The van der Waals surface area contributed by atoms with Gasteiger partial charge in [-0.2, -0.15) is 0 Å². The molecular formula is C19H19NO2. The molecule has 2 aromatic rings. The van der Waals surface area contributed by atoms with E-state index in [4.69, 9.17) is 0 Å². The van der Waals surface area contributed by atoms with E-state index >= 15 is 0 Å². The number of amides is 1. The molecule has 1 heterocycles. The fraction of sp³-hybridized carbons (Fsp3) is 0.316. The van der Waals surface area contributed by atoms with Crippen LogP contribution in [0.4, 0.5) is 0 Å². The first-order chi connectivity index (χ1) is 10.7. The average Bonchev–Trinajstić information content (AvgIpc) is 2.98. The maximum Gasteiger partial charge on any atom is 0.226 e. The van der Waals surface area contributed by atoms with Crippen molar-refractivity contribution >= 4 is 5.91 Å². The summed E-state index contributed by atoms with van der Waals surface area (Å²) in [5, 5.41) is 10.3. The van der Waals surface area contributed by atoms with Crippen LogP contribution >= 0.6 is 0 Å². The molecule has 0 saturated carbocycles. The second-order valence-electron chi connectivity index (χ2n) is 6.31. The molecule has 1 aliphatic carbocycles. The van der Waals surface area contributed by atoms with Gasteiger partial charge in [0.2, 0.25) is 5.91 Å². The minimum absolute atomic E-state index is 0.0230. The van der Waals surface area contributed by atoms with Crippen LogP contribution in [0.2, 0.25) is 0 Å². The molecule has 3 nitrogen and oxygen atoms in total. The quantitative estimate of drug-likeness (QED) is 0.877. The molecule has 4 rings (SSSR count). The Balaban J connectivity index is 1.53. The third-order valence-corrected chi connectivity index (χ3v) is 4.88. The van der Waals surface area contributed by atoms with Gasteiger partial charge in [-0.05, 0) is 35.1 Å². The van der Waals surface area contributed by atoms with Gasteiger partial charge in [-0.15, -0.1) is 0 Å². The molecule has 0 fully saturated rings. The van der Waals surface area contributed by atoms with Gasteiger partial charge in [0, 0.05) is 12.5 Å². The summed E-state index contributed by atoms with van der Waals surface area (Å²) in [7, 11) is 0. The normalized spacial score (nSPS) is 20.6. The van der Waals surface area contributed by atoms with Crippen LogP contribution in [-0.4, -0.2) is 22.5 Å². The molecule has 1 N–H and O–H groups in total. The predicted octanol–water partition coefficient (Wildman–Crippen LogP) is 2.48. The number of aliphatic hydroxyl groups is 1. The van der Waals surface area contributed by atoms with Gasteiger partial charge in [0.15, 0.2) is 0 Å². The maximum atomic E-state index is 12.8. The second kappa shape index (κ2) is 5.25. The minimum Gasteiger partial charge on any atom is -0.387 e. The van der Waals surface area contributed by atoms with Crippen molar-refractivity contribution in [3.8, 4) is 0 Å². The summed E-state index contributed by atoms with van der Waals surface area (Å²) >= 11 is 0. The molecule has 112 valence electrons. The smallest absolute Gasteiger partial charge is 0.226 e. The minimum atomic E-state index is -0.572.